The lowest BCUT2D eigenvalue weighted by Crippen LogP contribution is -2.14. The number of rotatable bonds is 5. The van der Waals surface area contributed by atoms with E-state index in [2.05, 4.69) is 28.5 Å². The number of pyridine rings is 1. The Morgan fingerprint density at radius 1 is 1.29 bits per heavy atom. The first-order valence-corrected chi connectivity index (χ1v) is 7.07. The van der Waals surface area contributed by atoms with Gasteiger partial charge in [-0.2, -0.15) is 5.26 Å². The third kappa shape index (κ3) is 2.97. The Hall–Kier alpha value is -2.54. The Labute approximate surface area is 124 Å². The van der Waals surface area contributed by atoms with Crippen molar-refractivity contribution in [3.63, 3.8) is 0 Å². The number of nitrogens with zero attached hydrogens (tertiary/aromatic N) is 2. The largest absolute Gasteiger partial charge is 0.497 e. The molecular weight excluding hydrogens is 262 g/mol. The first-order valence-electron chi connectivity index (χ1n) is 7.07. The van der Waals surface area contributed by atoms with Crippen molar-refractivity contribution in [2.24, 2.45) is 5.92 Å². The second-order valence-corrected chi connectivity index (χ2v) is 5.24. The fourth-order valence-corrected chi connectivity index (χ4v) is 2.47. The molecule has 4 heteroatoms. The Kier molecular flexibility index (Phi) is 3.74. The standard InChI is InChI=1S/C17H17N3O/c1-21-15-8-6-13(7-9-15)16(12-4-5-12)20-17-14(11-18)3-2-10-19-17/h2-3,6-10,12,16H,4-5H2,1H3,(H,19,20). The number of nitrogens with one attached hydrogen (secondary N) is 1. The second kappa shape index (κ2) is 5.84. The van der Waals surface area contributed by atoms with E-state index in [0.29, 0.717) is 17.3 Å². The summed E-state index contributed by atoms with van der Waals surface area (Å²) in [4.78, 5) is 4.30. The van der Waals surface area contributed by atoms with Gasteiger partial charge in [-0.15, -0.1) is 0 Å². The molecule has 1 aromatic heterocycles. The maximum atomic E-state index is 9.18. The van der Waals surface area contributed by atoms with E-state index in [-0.39, 0.29) is 6.04 Å². The predicted octanol–water partition coefficient (Wildman–Crippen LogP) is 3.53. The van der Waals surface area contributed by atoms with Crippen molar-refractivity contribution >= 4 is 5.82 Å². The van der Waals surface area contributed by atoms with Crippen LogP contribution >= 0.6 is 0 Å². The summed E-state index contributed by atoms with van der Waals surface area (Å²) >= 11 is 0. The van der Waals surface area contributed by atoms with E-state index in [0.717, 1.165) is 5.75 Å². The maximum absolute atomic E-state index is 9.18. The predicted molar refractivity (Wildman–Crippen MR) is 81.0 cm³/mol. The Balaban J connectivity index is 1.86. The summed E-state index contributed by atoms with van der Waals surface area (Å²) in [6.45, 7) is 0. The van der Waals surface area contributed by atoms with Gasteiger partial charge in [0, 0.05) is 6.20 Å². The number of anilines is 1. The summed E-state index contributed by atoms with van der Waals surface area (Å²) in [5.74, 6) is 2.11. The van der Waals surface area contributed by atoms with E-state index in [9.17, 15) is 5.26 Å². The molecule has 1 aliphatic carbocycles. The molecule has 3 rings (SSSR count). The molecule has 4 nitrogen and oxygen atoms in total. The molecule has 2 aromatic rings. The maximum Gasteiger partial charge on any atom is 0.144 e. The lowest BCUT2D eigenvalue weighted by Gasteiger charge is -2.20. The zero-order valence-electron chi connectivity index (χ0n) is 11.9. The van der Waals surface area contributed by atoms with Crippen molar-refractivity contribution in [2.45, 2.75) is 18.9 Å². The number of aromatic nitrogens is 1. The van der Waals surface area contributed by atoms with E-state index < -0.39 is 0 Å². The zero-order chi connectivity index (χ0) is 14.7. The number of benzene rings is 1. The van der Waals surface area contributed by atoms with Crippen LogP contribution in [0.5, 0.6) is 5.75 Å². The summed E-state index contributed by atoms with van der Waals surface area (Å²) in [6, 6.07) is 14.0. The lowest BCUT2D eigenvalue weighted by molar-refractivity contribution is 0.414. The van der Waals surface area contributed by atoms with Crippen LogP contribution < -0.4 is 10.1 Å². The fourth-order valence-electron chi connectivity index (χ4n) is 2.47. The van der Waals surface area contributed by atoms with Crippen LogP contribution in [0.1, 0.15) is 30.0 Å². The molecular formula is C17H17N3O. The van der Waals surface area contributed by atoms with Gasteiger partial charge in [0.2, 0.25) is 0 Å². The van der Waals surface area contributed by atoms with Crippen LogP contribution in [-0.2, 0) is 0 Å². The number of nitriles is 1. The van der Waals surface area contributed by atoms with Gasteiger partial charge >= 0.3 is 0 Å². The topological polar surface area (TPSA) is 57.9 Å². The minimum absolute atomic E-state index is 0.193. The van der Waals surface area contributed by atoms with Crippen molar-refractivity contribution in [2.75, 3.05) is 12.4 Å². The van der Waals surface area contributed by atoms with E-state index in [1.807, 2.05) is 12.1 Å². The minimum atomic E-state index is 0.193. The number of hydrogen-bond acceptors (Lipinski definition) is 4. The van der Waals surface area contributed by atoms with Gasteiger partial charge in [0.25, 0.3) is 0 Å². The molecule has 1 aliphatic rings. The van der Waals surface area contributed by atoms with Gasteiger partial charge in [-0.1, -0.05) is 12.1 Å². The summed E-state index contributed by atoms with van der Waals surface area (Å²) in [5, 5.41) is 12.6. The number of hydrogen-bond donors (Lipinski definition) is 1. The van der Waals surface area contributed by atoms with Crippen molar-refractivity contribution in [3.8, 4) is 11.8 Å². The molecule has 1 aromatic carbocycles. The van der Waals surface area contributed by atoms with Crippen LogP contribution in [0.15, 0.2) is 42.6 Å². The van der Waals surface area contributed by atoms with Crippen LogP contribution in [0.25, 0.3) is 0 Å². The summed E-state index contributed by atoms with van der Waals surface area (Å²) < 4.78 is 5.20. The summed E-state index contributed by atoms with van der Waals surface area (Å²) in [6.07, 6.45) is 4.12. The monoisotopic (exact) mass is 279 g/mol. The SMILES string of the molecule is COc1ccc(C(Nc2ncccc2C#N)C2CC2)cc1. The smallest absolute Gasteiger partial charge is 0.144 e. The van der Waals surface area contributed by atoms with Crippen LogP contribution in [-0.4, -0.2) is 12.1 Å². The normalized spacial score (nSPS) is 15.0. The zero-order valence-corrected chi connectivity index (χ0v) is 11.9. The third-order valence-electron chi connectivity index (χ3n) is 3.79. The molecule has 0 bridgehead atoms. The molecule has 1 unspecified atom stereocenters. The van der Waals surface area contributed by atoms with Gasteiger partial charge in [-0.3, -0.25) is 0 Å². The molecule has 0 amide bonds. The van der Waals surface area contributed by atoms with Crippen LogP contribution in [0.3, 0.4) is 0 Å². The molecule has 0 spiro atoms. The van der Waals surface area contributed by atoms with E-state index in [1.165, 1.54) is 18.4 Å². The van der Waals surface area contributed by atoms with Gasteiger partial charge in [-0.25, -0.2) is 4.98 Å². The highest BCUT2D eigenvalue weighted by molar-refractivity contribution is 5.53. The summed E-state index contributed by atoms with van der Waals surface area (Å²) in [5.41, 5.74) is 1.78. The molecule has 1 saturated carbocycles. The van der Waals surface area contributed by atoms with Crippen molar-refractivity contribution in [3.05, 3.63) is 53.7 Å². The Morgan fingerprint density at radius 3 is 2.67 bits per heavy atom. The first kappa shape index (κ1) is 13.4. The molecule has 1 heterocycles. The van der Waals surface area contributed by atoms with Crippen LogP contribution in [0, 0.1) is 17.2 Å². The minimum Gasteiger partial charge on any atom is -0.497 e. The highest BCUT2D eigenvalue weighted by Crippen LogP contribution is 2.43. The molecule has 1 fully saturated rings. The highest BCUT2D eigenvalue weighted by atomic mass is 16.5. The van der Waals surface area contributed by atoms with Crippen LogP contribution in [0.2, 0.25) is 0 Å². The molecule has 0 radical (unpaired) electrons. The van der Waals surface area contributed by atoms with Gasteiger partial charge in [0.05, 0.1) is 18.7 Å². The first-order chi connectivity index (χ1) is 10.3. The molecule has 21 heavy (non-hydrogen) atoms. The third-order valence-corrected chi connectivity index (χ3v) is 3.79. The van der Waals surface area contributed by atoms with Gasteiger partial charge in [0.15, 0.2) is 0 Å². The van der Waals surface area contributed by atoms with Crippen molar-refractivity contribution in [1.29, 1.82) is 5.26 Å². The lowest BCUT2D eigenvalue weighted by atomic mass is 10.0. The van der Waals surface area contributed by atoms with Gasteiger partial charge < -0.3 is 10.1 Å². The van der Waals surface area contributed by atoms with Crippen LogP contribution in [0.4, 0.5) is 5.82 Å². The number of methoxy groups -OCH3 is 1. The molecule has 0 saturated heterocycles. The Bertz CT molecular complexity index is 656. The second-order valence-electron chi connectivity index (χ2n) is 5.24. The molecule has 106 valence electrons. The van der Waals surface area contributed by atoms with E-state index in [4.69, 9.17) is 4.74 Å². The van der Waals surface area contributed by atoms with Gasteiger partial charge in [0.1, 0.15) is 17.6 Å². The van der Waals surface area contributed by atoms with Gasteiger partial charge in [-0.05, 0) is 48.6 Å². The van der Waals surface area contributed by atoms with Crippen molar-refractivity contribution in [1.82, 2.24) is 4.98 Å². The quantitative estimate of drug-likeness (QED) is 0.909. The van der Waals surface area contributed by atoms with E-state index >= 15 is 0 Å². The fraction of sp³-hybridized carbons (Fsp3) is 0.294. The molecule has 1 N–H and O–H groups in total. The molecule has 0 aliphatic heterocycles. The Morgan fingerprint density at radius 2 is 2.05 bits per heavy atom. The summed E-state index contributed by atoms with van der Waals surface area (Å²) in [7, 11) is 1.67. The average Bonchev–Trinajstić information content (AvgIpc) is 3.38. The average molecular weight is 279 g/mol. The highest BCUT2D eigenvalue weighted by Gasteiger charge is 2.33. The number of ether oxygens (including phenoxy) is 1. The molecule has 1 atom stereocenters. The van der Waals surface area contributed by atoms with Crippen molar-refractivity contribution < 1.29 is 4.74 Å². The van der Waals surface area contributed by atoms with E-state index in [1.54, 1.807) is 25.4 Å².